The summed E-state index contributed by atoms with van der Waals surface area (Å²) in [5, 5.41) is 0. The fourth-order valence-electron chi connectivity index (χ4n) is 3.19. The molecule has 96 valence electrons. The van der Waals surface area contributed by atoms with Crippen LogP contribution in [0.4, 0.5) is 0 Å². The van der Waals surface area contributed by atoms with Gasteiger partial charge in [-0.3, -0.25) is 0 Å². The van der Waals surface area contributed by atoms with E-state index in [1.54, 1.807) is 0 Å². The molecule has 0 bridgehead atoms. The van der Waals surface area contributed by atoms with Crippen LogP contribution in [0.15, 0.2) is 42.0 Å². The smallest absolute Gasteiger partial charge is 0.00577 e. The van der Waals surface area contributed by atoms with E-state index < -0.39 is 0 Å². The van der Waals surface area contributed by atoms with Crippen molar-refractivity contribution in [2.24, 2.45) is 0 Å². The van der Waals surface area contributed by atoms with Crippen LogP contribution < -0.4 is 0 Å². The molecule has 0 amide bonds. The largest absolute Gasteiger partial charge is 0.0654 e. The maximum absolute atomic E-state index is 2.30. The summed E-state index contributed by atoms with van der Waals surface area (Å²) in [5.74, 6) is 0. The third-order valence-corrected chi connectivity index (χ3v) is 4.15. The van der Waals surface area contributed by atoms with Gasteiger partial charge >= 0.3 is 0 Å². The molecule has 0 heteroatoms. The van der Waals surface area contributed by atoms with Crippen LogP contribution in [0.25, 0.3) is 16.7 Å². The molecule has 0 nitrogen and oxygen atoms in total. The molecule has 1 aliphatic rings. The Balaban J connectivity index is 2.25. The molecule has 0 aromatic heterocycles. The normalized spacial score (nSPS) is 13.9. The Morgan fingerprint density at radius 3 is 2.21 bits per heavy atom. The Morgan fingerprint density at radius 1 is 0.842 bits per heavy atom. The van der Waals surface area contributed by atoms with Crippen molar-refractivity contribution >= 4 is 5.57 Å². The lowest BCUT2D eigenvalue weighted by Crippen LogP contribution is -1.90. The monoisotopic (exact) mass is 248 g/mol. The molecule has 1 aliphatic carbocycles. The molecule has 0 heterocycles. The Labute approximate surface area is 115 Å². The summed E-state index contributed by atoms with van der Waals surface area (Å²) in [6.07, 6.45) is 1.11. The zero-order valence-corrected chi connectivity index (χ0v) is 12.2. The second kappa shape index (κ2) is 4.38. The first-order valence-corrected chi connectivity index (χ1v) is 6.93. The zero-order chi connectivity index (χ0) is 13.6. The molecule has 2 aromatic rings. The van der Waals surface area contributed by atoms with Crippen LogP contribution in [0.3, 0.4) is 0 Å². The van der Waals surface area contributed by atoms with Gasteiger partial charge in [0, 0.05) is 0 Å². The van der Waals surface area contributed by atoms with Crippen molar-refractivity contribution in [1.82, 2.24) is 0 Å². The third-order valence-electron chi connectivity index (χ3n) is 4.15. The molecule has 0 N–H and O–H groups in total. The molecule has 0 radical (unpaired) electrons. The third kappa shape index (κ3) is 2.02. The highest BCUT2D eigenvalue weighted by Gasteiger charge is 2.19. The number of rotatable bonds is 1. The van der Waals surface area contributed by atoms with Gasteiger partial charge in [0.25, 0.3) is 0 Å². The number of aryl methyl sites for hydroxylation is 2. The van der Waals surface area contributed by atoms with Crippen molar-refractivity contribution in [2.45, 2.75) is 34.1 Å². The van der Waals surface area contributed by atoms with E-state index in [2.05, 4.69) is 64.1 Å². The molecule has 2 aromatic carbocycles. The summed E-state index contributed by atoms with van der Waals surface area (Å²) < 4.78 is 0. The first kappa shape index (κ1) is 12.2. The second-order valence-electron chi connectivity index (χ2n) is 5.80. The quantitative estimate of drug-likeness (QED) is 0.640. The number of hydrogen-bond donors (Lipinski definition) is 0. The Kier molecular flexibility index (Phi) is 2.82. The lowest BCUT2D eigenvalue weighted by Gasteiger charge is -2.12. The summed E-state index contributed by atoms with van der Waals surface area (Å²) >= 11 is 0. The standard InChI is InChI=1S/C19H20/c1-12-8-13(2)10-17(9-12)18-7-5-6-16-11-14(3)15(4)19(16)18/h5-10H,11H2,1-4H3. The lowest BCUT2D eigenvalue weighted by molar-refractivity contribution is 1.19. The number of allylic oxidation sites excluding steroid dienone is 2. The summed E-state index contributed by atoms with van der Waals surface area (Å²) in [7, 11) is 0. The van der Waals surface area contributed by atoms with Crippen LogP contribution in [-0.2, 0) is 6.42 Å². The van der Waals surface area contributed by atoms with Gasteiger partial charge < -0.3 is 0 Å². The van der Waals surface area contributed by atoms with E-state index in [4.69, 9.17) is 0 Å². The maximum Gasteiger partial charge on any atom is -0.00577 e. The Morgan fingerprint density at radius 2 is 1.53 bits per heavy atom. The fraction of sp³-hybridized carbons (Fsp3) is 0.263. The predicted molar refractivity (Wildman–Crippen MR) is 83.3 cm³/mol. The van der Waals surface area contributed by atoms with Gasteiger partial charge in [0.1, 0.15) is 0 Å². The van der Waals surface area contributed by atoms with Crippen LogP contribution in [0, 0.1) is 13.8 Å². The first-order chi connectivity index (χ1) is 9.06. The Hall–Kier alpha value is -1.82. The van der Waals surface area contributed by atoms with Crippen molar-refractivity contribution in [1.29, 1.82) is 0 Å². The molecule has 0 aliphatic heterocycles. The van der Waals surface area contributed by atoms with Crippen molar-refractivity contribution in [3.8, 4) is 11.1 Å². The SMILES string of the molecule is CC1=C(C)c2c(cccc2-c2cc(C)cc(C)c2)C1. The molecular formula is C19H20. The summed E-state index contributed by atoms with van der Waals surface area (Å²) in [6.45, 7) is 8.86. The van der Waals surface area contributed by atoms with Crippen molar-refractivity contribution in [2.75, 3.05) is 0 Å². The lowest BCUT2D eigenvalue weighted by atomic mass is 9.92. The van der Waals surface area contributed by atoms with Crippen molar-refractivity contribution in [3.05, 3.63) is 64.2 Å². The minimum Gasteiger partial charge on any atom is -0.0654 e. The zero-order valence-electron chi connectivity index (χ0n) is 12.2. The van der Waals surface area contributed by atoms with E-state index in [1.807, 2.05) is 0 Å². The molecular weight excluding hydrogens is 228 g/mol. The molecule has 0 saturated carbocycles. The van der Waals surface area contributed by atoms with E-state index in [0.717, 1.165) is 6.42 Å². The highest BCUT2D eigenvalue weighted by Crippen LogP contribution is 2.39. The molecule has 19 heavy (non-hydrogen) atoms. The van der Waals surface area contributed by atoms with E-state index >= 15 is 0 Å². The van der Waals surface area contributed by atoms with Crippen molar-refractivity contribution < 1.29 is 0 Å². The topological polar surface area (TPSA) is 0 Å². The van der Waals surface area contributed by atoms with Crippen LogP contribution in [-0.4, -0.2) is 0 Å². The molecule has 0 spiro atoms. The van der Waals surface area contributed by atoms with Gasteiger partial charge in [0.2, 0.25) is 0 Å². The average molecular weight is 248 g/mol. The first-order valence-electron chi connectivity index (χ1n) is 6.93. The fourth-order valence-corrected chi connectivity index (χ4v) is 3.19. The van der Waals surface area contributed by atoms with Crippen LogP contribution >= 0.6 is 0 Å². The summed E-state index contributed by atoms with van der Waals surface area (Å²) in [4.78, 5) is 0. The average Bonchev–Trinajstić information content (AvgIpc) is 2.64. The number of hydrogen-bond acceptors (Lipinski definition) is 0. The molecule has 0 saturated heterocycles. The maximum atomic E-state index is 2.30. The molecule has 0 atom stereocenters. The predicted octanol–water partition coefficient (Wildman–Crippen LogP) is 5.32. The highest BCUT2D eigenvalue weighted by atomic mass is 14.2. The van der Waals surface area contributed by atoms with E-state index in [1.165, 1.54) is 44.5 Å². The van der Waals surface area contributed by atoms with E-state index in [-0.39, 0.29) is 0 Å². The molecule has 0 unspecified atom stereocenters. The molecule has 0 fully saturated rings. The van der Waals surface area contributed by atoms with Gasteiger partial charge in [-0.25, -0.2) is 0 Å². The summed E-state index contributed by atoms with van der Waals surface area (Å²) in [5.41, 5.74) is 11.3. The number of fused-ring (bicyclic) bond motifs is 1. The second-order valence-corrected chi connectivity index (χ2v) is 5.80. The van der Waals surface area contributed by atoms with Gasteiger partial charge in [0.05, 0.1) is 0 Å². The van der Waals surface area contributed by atoms with Gasteiger partial charge in [0.15, 0.2) is 0 Å². The molecule has 3 rings (SSSR count). The van der Waals surface area contributed by atoms with E-state index in [9.17, 15) is 0 Å². The minimum absolute atomic E-state index is 1.11. The van der Waals surface area contributed by atoms with E-state index in [0.29, 0.717) is 0 Å². The Bertz CT molecular complexity index is 667. The van der Waals surface area contributed by atoms with Gasteiger partial charge in [-0.2, -0.15) is 0 Å². The van der Waals surface area contributed by atoms with Gasteiger partial charge in [-0.05, 0) is 61.9 Å². The van der Waals surface area contributed by atoms with Crippen LogP contribution in [0.5, 0.6) is 0 Å². The van der Waals surface area contributed by atoms with Crippen molar-refractivity contribution in [3.63, 3.8) is 0 Å². The van der Waals surface area contributed by atoms with Gasteiger partial charge in [-0.1, -0.05) is 53.1 Å². The summed E-state index contributed by atoms with van der Waals surface area (Å²) in [6, 6.07) is 13.5. The van der Waals surface area contributed by atoms with Gasteiger partial charge in [-0.15, -0.1) is 0 Å². The number of benzene rings is 2. The van der Waals surface area contributed by atoms with Crippen LogP contribution in [0.1, 0.15) is 36.1 Å². The highest BCUT2D eigenvalue weighted by molar-refractivity contribution is 5.87. The minimum atomic E-state index is 1.11. The van der Waals surface area contributed by atoms with Crippen LogP contribution in [0.2, 0.25) is 0 Å².